The Hall–Kier alpha value is -1.49. The number of aliphatic carboxylic acids is 1. The van der Waals surface area contributed by atoms with Gasteiger partial charge in [0, 0.05) is 16.7 Å². The van der Waals surface area contributed by atoms with Crippen molar-refractivity contribution in [2.75, 3.05) is 6.54 Å². The molecule has 0 radical (unpaired) electrons. The van der Waals surface area contributed by atoms with Gasteiger partial charge in [-0.15, -0.1) is 11.8 Å². The van der Waals surface area contributed by atoms with Gasteiger partial charge in [0.25, 0.3) is 5.91 Å². The Labute approximate surface area is 136 Å². The highest BCUT2D eigenvalue weighted by atomic mass is 32.2. The van der Waals surface area contributed by atoms with Crippen LogP contribution in [0.4, 0.5) is 0 Å². The fraction of sp³-hybridized carbons (Fsp3) is 0.529. The molecule has 1 aromatic carbocycles. The zero-order chi connectivity index (χ0) is 16.7. The zero-order valence-electron chi connectivity index (χ0n) is 13.6. The van der Waals surface area contributed by atoms with Crippen molar-refractivity contribution in [3.8, 4) is 0 Å². The minimum absolute atomic E-state index is 0.160. The third kappa shape index (κ3) is 6.10. The summed E-state index contributed by atoms with van der Waals surface area (Å²) >= 11 is 1.63. The predicted molar refractivity (Wildman–Crippen MR) is 90.3 cm³/mol. The van der Waals surface area contributed by atoms with Crippen LogP contribution in [0.25, 0.3) is 0 Å². The smallest absolute Gasteiger partial charge is 0.308 e. The SMILES string of the molecule is CC(C)CC(CNC(=O)c1ccccc1SC(C)C)C(=O)O. The van der Waals surface area contributed by atoms with Gasteiger partial charge in [0.2, 0.25) is 0 Å². The number of carboxylic acid groups (broad SMARTS) is 1. The molecule has 0 aliphatic carbocycles. The minimum Gasteiger partial charge on any atom is -0.481 e. The molecule has 0 spiro atoms. The maximum Gasteiger partial charge on any atom is 0.308 e. The van der Waals surface area contributed by atoms with E-state index in [0.717, 1.165) is 4.90 Å². The third-order valence-corrected chi connectivity index (χ3v) is 4.19. The van der Waals surface area contributed by atoms with Gasteiger partial charge in [-0.3, -0.25) is 9.59 Å². The molecule has 1 amide bonds. The van der Waals surface area contributed by atoms with E-state index in [1.807, 2.05) is 32.0 Å². The lowest BCUT2D eigenvalue weighted by Gasteiger charge is -2.16. The third-order valence-electron chi connectivity index (χ3n) is 3.11. The van der Waals surface area contributed by atoms with Crippen LogP contribution < -0.4 is 5.32 Å². The summed E-state index contributed by atoms with van der Waals surface area (Å²) in [6, 6.07) is 7.42. The van der Waals surface area contributed by atoms with Crippen LogP contribution in [-0.4, -0.2) is 28.8 Å². The van der Waals surface area contributed by atoms with Crippen molar-refractivity contribution in [3.63, 3.8) is 0 Å². The highest BCUT2D eigenvalue weighted by Crippen LogP contribution is 2.26. The largest absolute Gasteiger partial charge is 0.481 e. The summed E-state index contributed by atoms with van der Waals surface area (Å²) in [5.41, 5.74) is 0.606. The van der Waals surface area contributed by atoms with E-state index in [1.165, 1.54) is 0 Å². The Balaban J connectivity index is 2.74. The Bertz CT molecular complexity index is 514. The number of carbonyl (C=O) groups is 2. The van der Waals surface area contributed by atoms with Crippen molar-refractivity contribution in [2.45, 2.75) is 44.3 Å². The second kappa shape index (κ2) is 8.83. The molecular formula is C17H25NO3S. The summed E-state index contributed by atoms with van der Waals surface area (Å²) in [6.07, 6.45) is 0.554. The van der Waals surface area contributed by atoms with Crippen LogP contribution in [0.15, 0.2) is 29.2 Å². The first kappa shape index (κ1) is 18.6. The van der Waals surface area contributed by atoms with Gasteiger partial charge in [-0.2, -0.15) is 0 Å². The highest BCUT2D eigenvalue weighted by molar-refractivity contribution is 8.00. The van der Waals surface area contributed by atoms with E-state index in [4.69, 9.17) is 0 Å². The molecule has 5 heteroatoms. The molecule has 1 unspecified atom stereocenters. The van der Waals surface area contributed by atoms with E-state index in [1.54, 1.807) is 17.8 Å². The van der Waals surface area contributed by atoms with E-state index in [2.05, 4.69) is 19.2 Å². The van der Waals surface area contributed by atoms with Crippen LogP contribution in [0, 0.1) is 11.8 Å². The van der Waals surface area contributed by atoms with Gasteiger partial charge in [0.05, 0.1) is 11.5 Å². The number of hydrogen-bond donors (Lipinski definition) is 2. The number of carboxylic acids is 1. The molecule has 22 heavy (non-hydrogen) atoms. The van der Waals surface area contributed by atoms with E-state index >= 15 is 0 Å². The highest BCUT2D eigenvalue weighted by Gasteiger charge is 2.20. The van der Waals surface area contributed by atoms with Crippen molar-refractivity contribution < 1.29 is 14.7 Å². The number of benzene rings is 1. The van der Waals surface area contributed by atoms with Crippen LogP contribution in [-0.2, 0) is 4.79 Å². The first-order valence-electron chi connectivity index (χ1n) is 7.58. The Morgan fingerprint density at radius 2 is 1.82 bits per heavy atom. The lowest BCUT2D eigenvalue weighted by molar-refractivity contribution is -0.142. The van der Waals surface area contributed by atoms with E-state index < -0.39 is 11.9 Å². The predicted octanol–water partition coefficient (Wildman–Crippen LogP) is 3.66. The monoisotopic (exact) mass is 323 g/mol. The average molecular weight is 323 g/mol. The van der Waals surface area contributed by atoms with Crippen molar-refractivity contribution >= 4 is 23.6 Å². The normalized spacial score (nSPS) is 12.5. The molecule has 4 nitrogen and oxygen atoms in total. The Morgan fingerprint density at radius 3 is 2.36 bits per heavy atom. The topological polar surface area (TPSA) is 66.4 Å². The van der Waals surface area contributed by atoms with E-state index in [9.17, 15) is 14.7 Å². The summed E-state index contributed by atoms with van der Waals surface area (Å²) in [5.74, 6) is -1.34. The molecule has 1 atom stereocenters. The first-order valence-corrected chi connectivity index (χ1v) is 8.46. The standard InChI is InChI=1S/C17H25NO3S/c1-11(2)9-13(17(20)21)10-18-16(19)14-7-5-6-8-15(14)22-12(3)4/h5-8,11-13H,9-10H2,1-4H3,(H,18,19)(H,20,21). The molecular weight excluding hydrogens is 298 g/mol. The molecule has 0 aromatic heterocycles. The number of rotatable bonds is 8. The van der Waals surface area contributed by atoms with Gasteiger partial charge in [-0.25, -0.2) is 0 Å². The first-order chi connectivity index (χ1) is 10.3. The second-order valence-corrected chi connectivity index (χ2v) is 7.66. The van der Waals surface area contributed by atoms with Crippen LogP contribution >= 0.6 is 11.8 Å². The lowest BCUT2D eigenvalue weighted by atomic mass is 9.97. The molecule has 0 aliphatic heterocycles. The molecule has 0 fully saturated rings. The summed E-state index contributed by atoms with van der Waals surface area (Å²) in [4.78, 5) is 24.5. The zero-order valence-corrected chi connectivity index (χ0v) is 14.4. The molecule has 1 aromatic rings. The molecule has 0 aliphatic rings. The molecule has 0 heterocycles. The fourth-order valence-corrected chi connectivity index (χ4v) is 3.12. The van der Waals surface area contributed by atoms with E-state index in [0.29, 0.717) is 17.2 Å². The van der Waals surface area contributed by atoms with Gasteiger partial charge in [-0.1, -0.05) is 39.8 Å². The molecule has 122 valence electrons. The molecule has 2 N–H and O–H groups in total. The summed E-state index contributed by atoms with van der Waals surface area (Å²) < 4.78 is 0. The summed E-state index contributed by atoms with van der Waals surface area (Å²) in [5, 5.41) is 12.4. The summed E-state index contributed by atoms with van der Waals surface area (Å²) in [7, 11) is 0. The number of hydrogen-bond acceptors (Lipinski definition) is 3. The van der Waals surface area contributed by atoms with Crippen LogP contribution in [0.5, 0.6) is 0 Å². The van der Waals surface area contributed by atoms with Gasteiger partial charge in [0.1, 0.15) is 0 Å². The fourth-order valence-electron chi connectivity index (χ4n) is 2.16. The Kier molecular flexibility index (Phi) is 7.45. The lowest BCUT2D eigenvalue weighted by Crippen LogP contribution is -2.33. The molecule has 0 bridgehead atoms. The quantitative estimate of drug-likeness (QED) is 0.716. The maximum atomic E-state index is 12.3. The Morgan fingerprint density at radius 1 is 1.18 bits per heavy atom. The maximum absolute atomic E-state index is 12.3. The molecule has 0 saturated heterocycles. The van der Waals surface area contributed by atoms with Crippen molar-refractivity contribution in [1.29, 1.82) is 0 Å². The van der Waals surface area contributed by atoms with Crippen LogP contribution in [0.1, 0.15) is 44.5 Å². The number of amides is 1. The van der Waals surface area contributed by atoms with Crippen LogP contribution in [0.2, 0.25) is 0 Å². The summed E-state index contributed by atoms with van der Waals surface area (Å²) in [6.45, 7) is 8.26. The van der Waals surface area contributed by atoms with Crippen molar-refractivity contribution in [1.82, 2.24) is 5.32 Å². The molecule has 0 saturated carbocycles. The van der Waals surface area contributed by atoms with Gasteiger partial charge >= 0.3 is 5.97 Å². The van der Waals surface area contributed by atoms with Crippen molar-refractivity contribution in [2.24, 2.45) is 11.8 Å². The van der Waals surface area contributed by atoms with E-state index in [-0.39, 0.29) is 18.4 Å². The number of thioether (sulfide) groups is 1. The van der Waals surface area contributed by atoms with Crippen LogP contribution in [0.3, 0.4) is 0 Å². The number of carbonyl (C=O) groups excluding carboxylic acids is 1. The van der Waals surface area contributed by atoms with Crippen molar-refractivity contribution in [3.05, 3.63) is 29.8 Å². The van der Waals surface area contributed by atoms with Gasteiger partial charge < -0.3 is 10.4 Å². The van der Waals surface area contributed by atoms with Gasteiger partial charge in [-0.05, 0) is 24.5 Å². The minimum atomic E-state index is -0.862. The second-order valence-electron chi connectivity index (χ2n) is 6.04. The number of nitrogens with one attached hydrogen (secondary N) is 1. The molecule has 1 rings (SSSR count). The average Bonchev–Trinajstić information content (AvgIpc) is 2.42. The van der Waals surface area contributed by atoms with Gasteiger partial charge in [0.15, 0.2) is 0 Å².